The number of carbonyl (C=O) groups is 1. The van der Waals surface area contributed by atoms with Gasteiger partial charge in [0.1, 0.15) is 12.1 Å². The smallest absolute Gasteiger partial charge is 0.298 e. The van der Waals surface area contributed by atoms with E-state index in [0.717, 1.165) is 0 Å². The predicted molar refractivity (Wildman–Crippen MR) is 70.4 cm³/mol. The van der Waals surface area contributed by atoms with Gasteiger partial charge in [-0.1, -0.05) is 0 Å². The van der Waals surface area contributed by atoms with Crippen LogP contribution < -0.4 is 16.0 Å². The van der Waals surface area contributed by atoms with Crippen LogP contribution in [0.5, 0.6) is 0 Å². The minimum Gasteiger partial charge on any atom is -0.423 e. The highest BCUT2D eigenvalue weighted by atomic mass is 16.4. The topological polar surface area (TPSA) is 84.4 Å². The molecule has 0 bridgehead atoms. The molecule has 0 atom stereocenters. The molecule has 0 fully saturated rings. The summed E-state index contributed by atoms with van der Waals surface area (Å²) in [6.07, 6.45) is 0. The average Bonchev–Trinajstić information content (AvgIpc) is 2.78. The van der Waals surface area contributed by atoms with Crippen LogP contribution in [0.3, 0.4) is 0 Å². The maximum absolute atomic E-state index is 11.4. The zero-order chi connectivity index (χ0) is 13.1. The molecule has 96 valence electrons. The van der Waals surface area contributed by atoms with Crippen LogP contribution in [0.4, 0.5) is 11.7 Å². The Morgan fingerprint density at radius 2 is 2.33 bits per heavy atom. The Hall–Kier alpha value is -2.24. The second-order valence-electron chi connectivity index (χ2n) is 3.91. The highest BCUT2D eigenvalue weighted by molar-refractivity contribution is 5.82. The zero-order valence-corrected chi connectivity index (χ0v) is 10.4. The number of anilines is 2. The lowest BCUT2D eigenvalue weighted by Crippen LogP contribution is -2.35. The van der Waals surface area contributed by atoms with Crippen LogP contribution in [0.25, 0.3) is 11.1 Å². The molecule has 0 radical (unpaired) electrons. The average molecular weight is 248 g/mol. The molecule has 6 heteroatoms. The molecule has 0 aliphatic heterocycles. The summed E-state index contributed by atoms with van der Waals surface area (Å²) in [6.45, 7) is 2.79. The summed E-state index contributed by atoms with van der Waals surface area (Å²) in [4.78, 5) is 17.5. The van der Waals surface area contributed by atoms with Crippen LogP contribution >= 0.6 is 0 Å². The van der Waals surface area contributed by atoms with Crippen LogP contribution in [0, 0.1) is 0 Å². The number of benzene rings is 1. The van der Waals surface area contributed by atoms with Crippen LogP contribution in [0.1, 0.15) is 6.92 Å². The van der Waals surface area contributed by atoms with Gasteiger partial charge in [0.2, 0.25) is 5.91 Å². The van der Waals surface area contributed by atoms with E-state index in [2.05, 4.69) is 10.3 Å². The van der Waals surface area contributed by atoms with Crippen molar-refractivity contribution in [2.24, 2.45) is 0 Å². The van der Waals surface area contributed by atoms with Crippen molar-refractivity contribution in [2.45, 2.75) is 6.92 Å². The van der Waals surface area contributed by atoms with Gasteiger partial charge < -0.3 is 20.4 Å². The third kappa shape index (κ3) is 2.37. The third-order valence-corrected chi connectivity index (χ3v) is 2.67. The highest BCUT2D eigenvalue weighted by Gasteiger charge is 2.15. The summed E-state index contributed by atoms with van der Waals surface area (Å²) in [6, 6.07) is 5.71. The lowest BCUT2D eigenvalue weighted by molar-refractivity contribution is -0.119. The first-order valence-electron chi connectivity index (χ1n) is 5.75. The summed E-state index contributed by atoms with van der Waals surface area (Å²) in [5, 5.41) is 2.57. The van der Waals surface area contributed by atoms with Crippen molar-refractivity contribution in [3.63, 3.8) is 0 Å². The van der Waals surface area contributed by atoms with Crippen molar-refractivity contribution in [1.82, 2.24) is 10.3 Å². The van der Waals surface area contributed by atoms with Gasteiger partial charge in [0.15, 0.2) is 5.58 Å². The van der Waals surface area contributed by atoms with Crippen LogP contribution in [-0.4, -0.2) is 31.0 Å². The Balaban J connectivity index is 2.30. The quantitative estimate of drug-likeness (QED) is 0.788. The number of nitrogens with two attached hydrogens (primary N) is 1. The van der Waals surface area contributed by atoms with Gasteiger partial charge in [0, 0.05) is 19.3 Å². The molecule has 18 heavy (non-hydrogen) atoms. The lowest BCUT2D eigenvalue weighted by atomic mass is 10.3. The monoisotopic (exact) mass is 248 g/mol. The Morgan fingerprint density at radius 3 is 3.00 bits per heavy atom. The van der Waals surface area contributed by atoms with Gasteiger partial charge >= 0.3 is 0 Å². The Labute approximate surface area is 105 Å². The first-order chi connectivity index (χ1) is 8.63. The predicted octanol–water partition coefficient (Wildman–Crippen LogP) is 0.982. The third-order valence-electron chi connectivity index (χ3n) is 2.67. The number of amides is 1. The normalized spacial score (nSPS) is 10.6. The number of aromatic nitrogens is 1. The first kappa shape index (κ1) is 12.2. The first-order valence-corrected chi connectivity index (χ1v) is 5.75. The van der Waals surface area contributed by atoms with Gasteiger partial charge in [-0.2, -0.15) is 4.98 Å². The number of nitrogen functional groups attached to an aromatic ring is 1. The van der Waals surface area contributed by atoms with E-state index in [1.54, 1.807) is 30.1 Å². The number of nitrogens with zero attached hydrogens (tertiary/aromatic N) is 2. The van der Waals surface area contributed by atoms with Gasteiger partial charge in [0.25, 0.3) is 6.01 Å². The minimum atomic E-state index is -0.0846. The van der Waals surface area contributed by atoms with E-state index < -0.39 is 0 Å². The number of likely N-dealkylation sites (N-methyl/N-ethyl adjacent to an activating group) is 2. The summed E-state index contributed by atoms with van der Waals surface area (Å²) in [5.41, 5.74) is 7.68. The van der Waals surface area contributed by atoms with E-state index in [4.69, 9.17) is 10.2 Å². The largest absolute Gasteiger partial charge is 0.423 e. The van der Waals surface area contributed by atoms with Gasteiger partial charge in [-0.15, -0.1) is 0 Å². The molecule has 0 aliphatic rings. The van der Waals surface area contributed by atoms with E-state index in [-0.39, 0.29) is 12.5 Å². The summed E-state index contributed by atoms with van der Waals surface area (Å²) >= 11 is 0. The van der Waals surface area contributed by atoms with Gasteiger partial charge in [-0.25, -0.2) is 0 Å². The number of nitrogens with one attached hydrogen (secondary N) is 1. The molecule has 1 heterocycles. The molecule has 0 unspecified atom stereocenters. The lowest BCUT2D eigenvalue weighted by Gasteiger charge is -2.16. The van der Waals surface area contributed by atoms with E-state index >= 15 is 0 Å². The van der Waals surface area contributed by atoms with Crippen LogP contribution in [0.15, 0.2) is 22.6 Å². The second-order valence-corrected chi connectivity index (χ2v) is 3.91. The van der Waals surface area contributed by atoms with Gasteiger partial charge in [-0.3, -0.25) is 4.79 Å². The molecule has 0 saturated carbocycles. The van der Waals surface area contributed by atoms with Crippen molar-refractivity contribution in [1.29, 1.82) is 0 Å². The highest BCUT2D eigenvalue weighted by Crippen LogP contribution is 2.23. The molecule has 1 aromatic heterocycles. The Morgan fingerprint density at radius 1 is 1.56 bits per heavy atom. The van der Waals surface area contributed by atoms with Gasteiger partial charge in [0.05, 0.1) is 0 Å². The van der Waals surface area contributed by atoms with Crippen molar-refractivity contribution < 1.29 is 9.21 Å². The van der Waals surface area contributed by atoms with E-state index in [1.165, 1.54) is 0 Å². The van der Waals surface area contributed by atoms with Crippen molar-refractivity contribution in [3.8, 4) is 0 Å². The standard InChI is InChI=1S/C12H16N4O2/c1-3-16(7-11(17)14-2)12-15-9-6-8(13)4-5-10(9)18-12/h4-6H,3,7,13H2,1-2H3,(H,14,17). The number of hydrogen-bond acceptors (Lipinski definition) is 5. The number of hydrogen-bond donors (Lipinski definition) is 2. The molecule has 2 rings (SSSR count). The van der Waals surface area contributed by atoms with Gasteiger partial charge in [-0.05, 0) is 25.1 Å². The fourth-order valence-corrected chi connectivity index (χ4v) is 1.63. The molecule has 3 N–H and O–H groups in total. The SMILES string of the molecule is CCN(CC(=O)NC)c1nc2cc(N)ccc2o1. The maximum Gasteiger partial charge on any atom is 0.298 e. The van der Waals surface area contributed by atoms with Crippen molar-refractivity contribution in [2.75, 3.05) is 30.8 Å². The summed E-state index contributed by atoms with van der Waals surface area (Å²) in [7, 11) is 1.60. The van der Waals surface area contributed by atoms with E-state index in [1.807, 2.05) is 6.92 Å². The van der Waals surface area contributed by atoms with Crippen molar-refractivity contribution >= 4 is 28.7 Å². The molecular formula is C12H16N4O2. The number of carbonyl (C=O) groups excluding carboxylic acids is 1. The van der Waals surface area contributed by atoms with Crippen molar-refractivity contribution in [3.05, 3.63) is 18.2 Å². The molecule has 1 amide bonds. The molecular weight excluding hydrogens is 232 g/mol. The molecule has 0 spiro atoms. The molecule has 1 aromatic carbocycles. The van der Waals surface area contributed by atoms with Crippen LogP contribution in [0.2, 0.25) is 0 Å². The van der Waals surface area contributed by atoms with E-state index in [9.17, 15) is 4.79 Å². The molecule has 6 nitrogen and oxygen atoms in total. The minimum absolute atomic E-state index is 0.0846. The summed E-state index contributed by atoms with van der Waals surface area (Å²) < 4.78 is 5.60. The van der Waals surface area contributed by atoms with Crippen LogP contribution in [-0.2, 0) is 4.79 Å². The fraction of sp³-hybridized carbons (Fsp3) is 0.333. The second kappa shape index (κ2) is 4.95. The zero-order valence-electron chi connectivity index (χ0n) is 10.4. The Kier molecular flexibility index (Phi) is 3.36. The molecule has 0 saturated heterocycles. The molecule has 2 aromatic rings. The van der Waals surface area contributed by atoms with E-state index in [0.29, 0.717) is 29.3 Å². The molecule has 0 aliphatic carbocycles. The summed E-state index contributed by atoms with van der Waals surface area (Å²) in [5.74, 6) is -0.0846. The number of rotatable bonds is 4. The number of fused-ring (bicyclic) bond motifs is 1. The maximum atomic E-state index is 11.4. The fourth-order valence-electron chi connectivity index (χ4n) is 1.63. The Bertz CT molecular complexity index is 564. The number of oxazole rings is 1.